The van der Waals surface area contributed by atoms with E-state index < -0.39 is 10.0 Å². The van der Waals surface area contributed by atoms with Gasteiger partial charge in [-0.1, -0.05) is 37.0 Å². The van der Waals surface area contributed by atoms with E-state index >= 15 is 0 Å². The number of anilines is 1. The maximum Gasteiger partial charge on any atom is 0.244 e. The second kappa shape index (κ2) is 5.37. The standard InChI is InChI=1S/C13H18Cl2N2O2S/c1-13(2)4-3-9(7-13)17-20(18,19)12-10(15)5-8(14)6-11(12)16/h5-6,9,17H,3-4,7,16H2,1-2H3. The number of nitrogen functional groups attached to an aromatic ring is 1. The van der Waals surface area contributed by atoms with Crippen LogP contribution in [0.15, 0.2) is 17.0 Å². The van der Waals surface area contributed by atoms with E-state index in [4.69, 9.17) is 28.9 Å². The first kappa shape index (κ1) is 15.9. The summed E-state index contributed by atoms with van der Waals surface area (Å²) in [7, 11) is -3.74. The van der Waals surface area contributed by atoms with Crippen LogP contribution in [0.2, 0.25) is 10.0 Å². The molecule has 0 aromatic heterocycles. The number of halogens is 2. The van der Waals surface area contributed by atoms with E-state index in [1.165, 1.54) is 12.1 Å². The lowest BCUT2D eigenvalue weighted by Gasteiger charge is -2.18. The molecular formula is C13H18Cl2N2O2S. The van der Waals surface area contributed by atoms with Gasteiger partial charge in [0.15, 0.2) is 0 Å². The first-order valence-electron chi connectivity index (χ1n) is 6.38. The zero-order chi connectivity index (χ0) is 15.1. The lowest BCUT2D eigenvalue weighted by atomic mass is 9.92. The number of nitrogens with one attached hydrogen (secondary N) is 1. The maximum atomic E-state index is 12.4. The Balaban J connectivity index is 2.28. The van der Waals surface area contributed by atoms with E-state index in [0.29, 0.717) is 5.02 Å². The molecule has 1 aromatic rings. The molecule has 1 aromatic carbocycles. The molecule has 0 saturated heterocycles. The van der Waals surface area contributed by atoms with Gasteiger partial charge in [-0.05, 0) is 36.8 Å². The normalized spacial score (nSPS) is 22.1. The van der Waals surface area contributed by atoms with Gasteiger partial charge in [0.25, 0.3) is 0 Å². The van der Waals surface area contributed by atoms with Crippen molar-refractivity contribution in [1.29, 1.82) is 0 Å². The van der Waals surface area contributed by atoms with Gasteiger partial charge < -0.3 is 5.73 Å². The van der Waals surface area contributed by atoms with E-state index in [0.717, 1.165) is 19.3 Å². The van der Waals surface area contributed by atoms with Gasteiger partial charge in [-0.2, -0.15) is 0 Å². The Bertz CT molecular complexity index is 606. The van der Waals surface area contributed by atoms with Gasteiger partial charge in [0.05, 0.1) is 10.7 Å². The zero-order valence-corrected chi connectivity index (χ0v) is 13.7. The molecule has 0 spiro atoms. The van der Waals surface area contributed by atoms with Crippen molar-refractivity contribution in [1.82, 2.24) is 4.72 Å². The summed E-state index contributed by atoms with van der Waals surface area (Å²) >= 11 is 11.8. The third-order valence-electron chi connectivity index (χ3n) is 3.60. The molecule has 0 aliphatic heterocycles. The summed E-state index contributed by atoms with van der Waals surface area (Å²) in [6.45, 7) is 4.26. The van der Waals surface area contributed by atoms with E-state index in [-0.39, 0.29) is 27.1 Å². The Morgan fingerprint density at radius 3 is 2.50 bits per heavy atom. The summed E-state index contributed by atoms with van der Waals surface area (Å²) in [4.78, 5) is -0.0896. The predicted molar refractivity (Wildman–Crippen MR) is 82.6 cm³/mol. The molecule has 20 heavy (non-hydrogen) atoms. The maximum absolute atomic E-state index is 12.4. The highest BCUT2D eigenvalue weighted by atomic mass is 35.5. The van der Waals surface area contributed by atoms with Gasteiger partial charge in [-0.25, -0.2) is 13.1 Å². The van der Waals surface area contributed by atoms with Crippen molar-refractivity contribution in [3.8, 4) is 0 Å². The smallest absolute Gasteiger partial charge is 0.244 e. The summed E-state index contributed by atoms with van der Waals surface area (Å²) in [6, 6.07) is 2.69. The summed E-state index contributed by atoms with van der Waals surface area (Å²) in [6.07, 6.45) is 2.61. The van der Waals surface area contributed by atoms with Crippen molar-refractivity contribution in [2.75, 3.05) is 5.73 Å². The number of hydrogen-bond acceptors (Lipinski definition) is 3. The lowest BCUT2D eigenvalue weighted by molar-refractivity contribution is 0.372. The van der Waals surface area contributed by atoms with Crippen LogP contribution in [0.1, 0.15) is 33.1 Å². The zero-order valence-electron chi connectivity index (χ0n) is 11.4. The first-order valence-corrected chi connectivity index (χ1v) is 8.61. The highest BCUT2D eigenvalue weighted by Crippen LogP contribution is 2.38. The number of sulfonamides is 1. The molecule has 112 valence electrons. The fourth-order valence-corrected chi connectivity index (χ4v) is 4.94. The highest BCUT2D eigenvalue weighted by molar-refractivity contribution is 7.89. The van der Waals surface area contributed by atoms with Crippen molar-refractivity contribution >= 4 is 38.9 Å². The summed E-state index contributed by atoms with van der Waals surface area (Å²) in [5, 5.41) is 0.355. The van der Waals surface area contributed by atoms with Crippen LogP contribution < -0.4 is 10.5 Å². The number of hydrogen-bond donors (Lipinski definition) is 2. The molecule has 0 heterocycles. The van der Waals surface area contributed by atoms with Crippen molar-refractivity contribution in [2.45, 2.75) is 44.0 Å². The molecule has 1 atom stereocenters. The molecule has 1 fully saturated rings. The van der Waals surface area contributed by atoms with Gasteiger partial charge in [0, 0.05) is 11.1 Å². The van der Waals surface area contributed by atoms with E-state index in [1.54, 1.807) is 0 Å². The van der Waals surface area contributed by atoms with Crippen molar-refractivity contribution < 1.29 is 8.42 Å². The fourth-order valence-electron chi connectivity index (χ4n) is 2.68. The first-order chi connectivity index (χ1) is 9.11. The Kier molecular flexibility index (Phi) is 4.27. The topological polar surface area (TPSA) is 72.2 Å². The molecular weight excluding hydrogens is 319 g/mol. The van der Waals surface area contributed by atoms with E-state index in [9.17, 15) is 8.42 Å². The molecule has 0 radical (unpaired) electrons. The molecule has 0 amide bonds. The van der Waals surface area contributed by atoms with Crippen LogP contribution in [0.3, 0.4) is 0 Å². The summed E-state index contributed by atoms with van der Waals surface area (Å²) in [5.41, 5.74) is 5.97. The van der Waals surface area contributed by atoms with Crippen LogP contribution in [0.5, 0.6) is 0 Å². The Morgan fingerprint density at radius 1 is 1.35 bits per heavy atom. The van der Waals surface area contributed by atoms with Gasteiger partial charge in [0.2, 0.25) is 10.0 Å². The fraction of sp³-hybridized carbons (Fsp3) is 0.538. The average Bonchev–Trinajstić information content (AvgIpc) is 2.54. The Morgan fingerprint density at radius 2 is 2.00 bits per heavy atom. The predicted octanol–water partition coefficient (Wildman–Crippen LogP) is 3.43. The van der Waals surface area contributed by atoms with Crippen LogP contribution in [-0.2, 0) is 10.0 Å². The quantitative estimate of drug-likeness (QED) is 0.830. The highest BCUT2D eigenvalue weighted by Gasteiger charge is 2.34. The lowest BCUT2D eigenvalue weighted by Crippen LogP contribution is -2.34. The van der Waals surface area contributed by atoms with Gasteiger partial charge in [0.1, 0.15) is 4.90 Å². The van der Waals surface area contributed by atoms with Crippen molar-refractivity contribution in [2.24, 2.45) is 5.41 Å². The average molecular weight is 337 g/mol. The Hall–Kier alpha value is -0.490. The molecule has 1 aliphatic carbocycles. The minimum atomic E-state index is -3.74. The van der Waals surface area contributed by atoms with Crippen molar-refractivity contribution in [3.63, 3.8) is 0 Å². The molecule has 0 bridgehead atoms. The van der Waals surface area contributed by atoms with Crippen LogP contribution in [0.4, 0.5) is 5.69 Å². The van der Waals surface area contributed by atoms with Crippen molar-refractivity contribution in [3.05, 3.63) is 22.2 Å². The van der Waals surface area contributed by atoms with Gasteiger partial charge >= 0.3 is 0 Å². The largest absolute Gasteiger partial charge is 0.398 e. The van der Waals surface area contributed by atoms with Crippen LogP contribution in [-0.4, -0.2) is 14.5 Å². The Labute approximate surface area is 129 Å². The molecule has 1 saturated carbocycles. The van der Waals surface area contributed by atoms with Crippen LogP contribution >= 0.6 is 23.2 Å². The second-order valence-electron chi connectivity index (χ2n) is 6.03. The van der Waals surface area contributed by atoms with Crippen LogP contribution in [0.25, 0.3) is 0 Å². The third-order valence-corrected chi connectivity index (χ3v) is 5.86. The molecule has 2 rings (SSSR count). The van der Waals surface area contributed by atoms with E-state index in [1.807, 2.05) is 0 Å². The monoisotopic (exact) mass is 336 g/mol. The minimum absolute atomic E-state index is 0.0414. The second-order valence-corrected chi connectivity index (χ2v) is 8.53. The minimum Gasteiger partial charge on any atom is -0.398 e. The molecule has 4 nitrogen and oxygen atoms in total. The SMILES string of the molecule is CC1(C)CCC(NS(=O)(=O)c2c(N)cc(Cl)cc2Cl)C1. The molecule has 1 aliphatic rings. The summed E-state index contributed by atoms with van der Waals surface area (Å²) < 4.78 is 27.6. The number of benzene rings is 1. The van der Waals surface area contributed by atoms with E-state index in [2.05, 4.69) is 18.6 Å². The number of rotatable bonds is 3. The third kappa shape index (κ3) is 3.39. The van der Waals surface area contributed by atoms with Crippen LogP contribution in [0, 0.1) is 5.41 Å². The van der Waals surface area contributed by atoms with Gasteiger partial charge in [-0.3, -0.25) is 0 Å². The van der Waals surface area contributed by atoms with Gasteiger partial charge in [-0.15, -0.1) is 0 Å². The molecule has 3 N–H and O–H groups in total. The number of nitrogens with two attached hydrogens (primary N) is 1. The molecule has 7 heteroatoms. The molecule has 1 unspecified atom stereocenters. The summed E-state index contributed by atoms with van der Waals surface area (Å²) in [5.74, 6) is 0.